The molecule has 0 heterocycles. The molecular formula is C17H25NO4S. The van der Waals surface area contributed by atoms with Crippen molar-refractivity contribution in [3.8, 4) is 0 Å². The topological polar surface area (TPSA) is 72.5 Å². The second-order valence-corrected chi connectivity index (χ2v) is 7.91. The molecule has 0 atom stereocenters. The number of nitrogens with one attached hydrogen (secondary N) is 1. The fourth-order valence-electron chi connectivity index (χ4n) is 2.68. The number of esters is 1. The zero-order valence-electron chi connectivity index (χ0n) is 13.8. The van der Waals surface area contributed by atoms with Gasteiger partial charge in [0.15, 0.2) is 0 Å². The van der Waals surface area contributed by atoms with Crippen molar-refractivity contribution < 1.29 is 17.9 Å². The Morgan fingerprint density at radius 1 is 1.17 bits per heavy atom. The lowest BCUT2D eigenvalue weighted by molar-refractivity contribution is -0.150. The van der Waals surface area contributed by atoms with Crippen LogP contribution in [0.5, 0.6) is 0 Å². The van der Waals surface area contributed by atoms with Crippen LogP contribution in [0.25, 0.3) is 0 Å². The third-order valence-corrected chi connectivity index (χ3v) is 5.72. The number of aryl methyl sites for hydroxylation is 2. The van der Waals surface area contributed by atoms with Gasteiger partial charge >= 0.3 is 5.97 Å². The summed E-state index contributed by atoms with van der Waals surface area (Å²) in [6.45, 7) is 3.86. The van der Waals surface area contributed by atoms with Gasteiger partial charge in [-0.2, -0.15) is 0 Å². The Balaban J connectivity index is 1.82. The summed E-state index contributed by atoms with van der Waals surface area (Å²) in [5, 5.41) is 0. The molecule has 1 aromatic rings. The van der Waals surface area contributed by atoms with E-state index in [0.717, 1.165) is 36.8 Å². The molecule has 5 nitrogen and oxygen atoms in total. The first-order valence-corrected chi connectivity index (χ1v) is 9.63. The van der Waals surface area contributed by atoms with Gasteiger partial charge in [0.2, 0.25) is 10.0 Å². The Labute approximate surface area is 138 Å². The average Bonchev–Trinajstić information content (AvgIpc) is 2.50. The van der Waals surface area contributed by atoms with E-state index in [0.29, 0.717) is 0 Å². The van der Waals surface area contributed by atoms with Gasteiger partial charge < -0.3 is 4.74 Å². The Morgan fingerprint density at radius 3 is 2.52 bits per heavy atom. The van der Waals surface area contributed by atoms with Gasteiger partial charge in [-0.25, -0.2) is 13.1 Å². The largest absolute Gasteiger partial charge is 0.462 e. The van der Waals surface area contributed by atoms with Crippen molar-refractivity contribution in [3.05, 3.63) is 29.3 Å². The second-order valence-electron chi connectivity index (χ2n) is 6.14. The van der Waals surface area contributed by atoms with Crippen molar-refractivity contribution >= 4 is 16.0 Å². The van der Waals surface area contributed by atoms with Crippen molar-refractivity contribution in [1.29, 1.82) is 0 Å². The van der Waals surface area contributed by atoms with Crippen LogP contribution in [0.3, 0.4) is 0 Å². The molecule has 1 aliphatic carbocycles. The second kappa shape index (κ2) is 7.93. The Morgan fingerprint density at radius 2 is 1.87 bits per heavy atom. The molecular weight excluding hydrogens is 314 g/mol. The van der Waals surface area contributed by atoms with E-state index in [1.165, 1.54) is 6.42 Å². The molecule has 1 saturated carbocycles. The summed E-state index contributed by atoms with van der Waals surface area (Å²) in [5.41, 5.74) is 1.96. The monoisotopic (exact) mass is 339 g/mol. The maximum Gasteiger partial charge on any atom is 0.307 e. The van der Waals surface area contributed by atoms with Crippen molar-refractivity contribution in [2.24, 2.45) is 0 Å². The molecule has 0 saturated heterocycles. The van der Waals surface area contributed by atoms with Crippen molar-refractivity contribution in [3.63, 3.8) is 0 Å². The maximum absolute atomic E-state index is 12.2. The number of benzene rings is 1. The normalized spacial score (nSPS) is 16.3. The summed E-state index contributed by atoms with van der Waals surface area (Å²) in [5.74, 6) is -0.334. The molecule has 0 unspecified atom stereocenters. The van der Waals surface area contributed by atoms with Crippen LogP contribution < -0.4 is 4.72 Å². The Kier molecular flexibility index (Phi) is 6.18. The summed E-state index contributed by atoms with van der Waals surface area (Å²) in [6.07, 6.45) is 5.28. The summed E-state index contributed by atoms with van der Waals surface area (Å²) in [6, 6.07) is 4.99. The molecule has 128 valence electrons. The highest BCUT2D eigenvalue weighted by molar-refractivity contribution is 7.89. The minimum Gasteiger partial charge on any atom is -0.462 e. The zero-order chi connectivity index (χ0) is 16.9. The first kappa shape index (κ1) is 17.9. The van der Waals surface area contributed by atoms with Crippen molar-refractivity contribution in [1.82, 2.24) is 4.72 Å². The van der Waals surface area contributed by atoms with Gasteiger partial charge in [0.25, 0.3) is 0 Å². The average molecular weight is 339 g/mol. The van der Waals surface area contributed by atoms with Crippen molar-refractivity contribution in [2.75, 3.05) is 6.54 Å². The van der Waals surface area contributed by atoms with Crippen LogP contribution in [-0.4, -0.2) is 27.0 Å². The number of hydrogen-bond acceptors (Lipinski definition) is 4. The standard InChI is InChI=1S/C17H25NO4S/c1-13-8-9-16(12-14(13)2)23(20,21)18-11-10-17(19)22-15-6-4-3-5-7-15/h8-9,12,15,18H,3-7,10-11H2,1-2H3. The van der Waals surface area contributed by atoms with Crippen LogP contribution >= 0.6 is 0 Å². The van der Waals surface area contributed by atoms with E-state index in [-0.39, 0.29) is 29.9 Å². The highest BCUT2D eigenvalue weighted by atomic mass is 32.2. The van der Waals surface area contributed by atoms with Crippen LogP contribution in [0.15, 0.2) is 23.1 Å². The Hall–Kier alpha value is -1.40. The molecule has 1 fully saturated rings. The first-order valence-electron chi connectivity index (χ1n) is 8.15. The third-order valence-electron chi connectivity index (χ3n) is 4.26. The fourth-order valence-corrected chi connectivity index (χ4v) is 3.80. The van der Waals surface area contributed by atoms with E-state index in [1.807, 2.05) is 13.8 Å². The quantitative estimate of drug-likeness (QED) is 0.809. The first-order chi connectivity index (χ1) is 10.9. The lowest BCUT2D eigenvalue weighted by Gasteiger charge is -2.21. The molecule has 0 spiro atoms. The number of carbonyl (C=O) groups is 1. The summed E-state index contributed by atoms with van der Waals surface area (Å²) in [4.78, 5) is 12.0. The fraction of sp³-hybridized carbons (Fsp3) is 0.588. The molecule has 0 aromatic heterocycles. The van der Waals surface area contributed by atoms with E-state index >= 15 is 0 Å². The predicted molar refractivity (Wildman–Crippen MR) is 88.7 cm³/mol. The molecule has 1 aromatic carbocycles. The Bertz CT molecular complexity index is 649. The van der Waals surface area contributed by atoms with Gasteiger partial charge in [0, 0.05) is 6.54 Å². The molecule has 6 heteroatoms. The van der Waals surface area contributed by atoms with Gasteiger partial charge in [-0.3, -0.25) is 4.79 Å². The van der Waals surface area contributed by atoms with Crippen LogP contribution in [0.1, 0.15) is 49.7 Å². The summed E-state index contributed by atoms with van der Waals surface area (Å²) in [7, 11) is -3.59. The third kappa shape index (κ3) is 5.32. The molecule has 0 aliphatic heterocycles. The van der Waals surface area contributed by atoms with E-state index in [4.69, 9.17) is 4.74 Å². The van der Waals surface area contributed by atoms with E-state index in [2.05, 4.69) is 4.72 Å². The number of hydrogen-bond donors (Lipinski definition) is 1. The number of rotatable bonds is 6. The van der Waals surface area contributed by atoms with Crippen LogP contribution in [0.2, 0.25) is 0 Å². The summed E-state index contributed by atoms with van der Waals surface area (Å²) >= 11 is 0. The van der Waals surface area contributed by atoms with Gasteiger partial charge in [0.05, 0.1) is 11.3 Å². The van der Waals surface area contributed by atoms with E-state index < -0.39 is 10.0 Å². The van der Waals surface area contributed by atoms with Crippen LogP contribution in [0.4, 0.5) is 0 Å². The number of ether oxygens (including phenoxy) is 1. The SMILES string of the molecule is Cc1ccc(S(=O)(=O)NCCC(=O)OC2CCCCC2)cc1C. The smallest absolute Gasteiger partial charge is 0.307 e. The number of sulfonamides is 1. The molecule has 2 rings (SSSR count). The van der Waals surface area contributed by atoms with Crippen molar-refractivity contribution in [2.45, 2.75) is 63.4 Å². The minimum atomic E-state index is -3.59. The molecule has 23 heavy (non-hydrogen) atoms. The van der Waals surface area contributed by atoms with E-state index in [9.17, 15) is 13.2 Å². The molecule has 1 aliphatic rings. The van der Waals surface area contributed by atoms with Crippen LogP contribution in [-0.2, 0) is 19.6 Å². The lowest BCUT2D eigenvalue weighted by Crippen LogP contribution is -2.28. The molecule has 1 N–H and O–H groups in total. The summed E-state index contributed by atoms with van der Waals surface area (Å²) < 4.78 is 32.2. The van der Waals surface area contributed by atoms with Gasteiger partial charge in [-0.15, -0.1) is 0 Å². The minimum absolute atomic E-state index is 0.00704. The predicted octanol–water partition coefficient (Wildman–Crippen LogP) is 2.85. The van der Waals surface area contributed by atoms with Crippen LogP contribution in [0, 0.1) is 13.8 Å². The highest BCUT2D eigenvalue weighted by Gasteiger charge is 2.19. The highest BCUT2D eigenvalue weighted by Crippen LogP contribution is 2.20. The lowest BCUT2D eigenvalue weighted by atomic mass is 9.98. The molecule has 0 bridgehead atoms. The molecule has 0 radical (unpaired) electrons. The van der Waals surface area contributed by atoms with Gasteiger partial charge in [0.1, 0.15) is 6.10 Å². The van der Waals surface area contributed by atoms with Gasteiger partial charge in [-0.1, -0.05) is 12.5 Å². The maximum atomic E-state index is 12.2. The van der Waals surface area contributed by atoms with Gasteiger partial charge in [-0.05, 0) is 62.8 Å². The zero-order valence-corrected chi connectivity index (χ0v) is 14.6. The van der Waals surface area contributed by atoms with E-state index in [1.54, 1.807) is 18.2 Å². The molecule has 0 amide bonds. The number of carbonyl (C=O) groups excluding carboxylic acids is 1.